The van der Waals surface area contributed by atoms with Crippen molar-refractivity contribution in [2.24, 2.45) is 5.73 Å². The zero-order valence-electron chi connectivity index (χ0n) is 41.6. The summed E-state index contributed by atoms with van der Waals surface area (Å²) in [4.78, 5) is 22.6. The zero-order valence-corrected chi connectivity index (χ0v) is 41.6. The van der Waals surface area contributed by atoms with Gasteiger partial charge in [0.15, 0.2) is 0 Å². The number of ether oxygens (including phenoxy) is 1. The Balaban J connectivity index is 3.34. The molecule has 0 bridgehead atoms. The lowest BCUT2D eigenvalue weighted by atomic mass is 10.0. The molecule has 0 aromatic heterocycles. The molecule has 2 atom stereocenters. The Hall–Kier alpha value is -1.14. The number of hydrogen-bond acceptors (Lipinski definition) is 5. The maximum absolute atomic E-state index is 12.1. The predicted octanol–water partition coefficient (Wildman–Crippen LogP) is 17.3. The molecular formula is C55H110N2O4. The van der Waals surface area contributed by atoms with Gasteiger partial charge in [0.25, 0.3) is 0 Å². The van der Waals surface area contributed by atoms with Crippen LogP contribution in [0.1, 0.15) is 316 Å². The molecule has 364 valence electrons. The lowest BCUT2D eigenvalue weighted by Crippen LogP contribution is -2.43. The fraction of sp³-hybridized carbons (Fsp3) is 0.964. The van der Waals surface area contributed by atoms with Gasteiger partial charge in [-0.2, -0.15) is 0 Å². The molecule has 0 aliphatic carbocycles. The van der Waals surface area contributed by atoms with Crippen LogP contribution in [0.4, 0.5) is 0 Å². The van der Waals surface area contributed by atoms with Crippen molar-refractivity contribution in [1.29, 1.82) is 0 Å². The molecular weight excluding hydrogens is 753 g/mol. The van der Waals surface area contributed by atoms with E-state index in [0.29, 0.717) is 25.5 Å². The van der Waals surface area contributed by atoms with E-state index < -0.39 is 5.97 Å². The number of aliphatic carboxylic acids is 1. The summed E-state index contributed by atoms with van der Waals surface area (Å²) < 4.78 is 5.48. The highest BCUT2D eigenvalue weighted by atomic mass is 16.5. The molecule has 6 heteroatoms. The Morgan fingerprint density at radius 3 is 1.07 bits per heavy atom. The average Bonchev–Trinajstić information content (AvgIpc) is 3.24. The first kappa shape index (κ1) is 59.9. The highest BCUT2D eigenvalue weighted by Gasteiger charge is 2.12. The molecule has 0 amide bonds. The van der Waals surface area contributed by atoms with Crippen molar-refractivity contribution in [2.75, 3.05) is 13.2 Å². The molecule has 0 radical (unpaired) electrons. The van der Waals surface area contributed by atoms with Crippen LogP contribution >= 0.6 is 0 Å². The Kier molecular flexibility index (Phi) is 50.5. The average molecular weight is 863 g/mol. The number of unbranched alkanes of at least 4 members (excludes halogenated alkanes) is 41. The molecule has 6 nitrogen and oxygen atoms in total. The number of carbonyl (C=O) groups excluding carboxylic acids is 1. The minimum atomic E-state index is -0.658. The molecule has 0 aliphatic heterocycles. The summed E-state index contributed by atoms with van der Waals surface area (Å²) in [7, 11) is 0. The van der Waals surface area contributed by atoms with Gasteiger partial charge >= 0.3 is 11.9 Å². The Labute approximate surface area is 382 Å². The summed E-state index contributed by atoms with van der Waals surface area (Å²) in [5.41, 5.74) is 6.34. The molecule has 0 saturated heterocycles. The van der Waals surface area contributed by atoms with E-state index in [1.165, 1.54) is 263 Å². The topological polar surface area (TPSA) is 102 Å². The van der Waals surface area contributed by atoms with E-state index in [1.807, 2.05) is 0 Å². The number of esters is 1. The number of carboxylic acids is 1. The first-order valence-electron chi connectivity index (χ1n) is 27.8. The van der Waals surface area contributed by atoms with Crippen LogP contribution in [-0.4, -0.2) is 42.3 Å². The van der Waals surface area contributed by atoms with E-state index in [9.17, 15) is 9.59 Å². The predicted molar refractivity (Wildman–Crippen MR) is 267 cm³/mol. The van der Waals surface area contributed by atoms with E-state index >= 15 is 0 Å². The molecule has 0 saturated carbocycles. The van der Waals surface area contributed by atoms with Crippen LogP contribution in [0.5, 0.6) is 0 Å². The lowest BCUT2D eigenvalue weighted by Gasteiger charge is -2.22. The molecule has 0 aromatic rings. The molecule has 0 spiro atoms. The fourth-order valence-electron chi connectivity index (χ4n) is 9.02. The van der Waals surface area contributed by atoms with Crippen molar-refractivity contribution in [2.45, 2.75) is 328 Å². The maximum atomic E-state index is 12.1. The number of carboxylic acid groups (broad SMARTS) is 1. The number of carbonyl (C=O) groups is 2. The normalized spacial score (nSPS) is 12.6. The van der Waals surface area contributed by atoms with Gasteiger partial charge in [-0.25, -0.2) is 0 Å². The van der Waals surface area contributed by atoms with Crippen LogP contribution in [0.3, 0.4) is 0 Å². The number of rotatable bonds is 53. The number of hydrogen-bond donors (Lipinski definition) is 3. The summed E-state index contributed by atoms with van der Waals surface area (Å²) in [6, 6.07) is 0.696. The second kappa shape index (κ2) is 51.5. The second-order valence-electron chi connectivity index (χ2n) is 19.5. The van der Waals surface area contributed by atoms with E-state index in [-0.39, 0.29) is 12.0 Å². The van der Waals surface area contributed by atoms with Gasteiger partial charge in [0.2, 0.25) is 0 Å². The highest BCUT2D eigenvalue weighted by molar-refractivity contribution is 5.69. The molecule has 61 heavy (non-hydrogen) atoms. The van der Waals surface area contributed by atoms with Crippen LogP contribution in [0.2, 0.25) is 0 Å². The van der Waals surface area contributed by atoms with Gasteiger partial charge in [0.1, 0.15) is 0 Å². The third kappa shape index (κ3) is 51.4. The molecule has 0 heterocycles. The maximum Gasteiger partial charge on any atom is 0.305 e. The lowest BCUT2D eigenvalue weighted by molar-refractivity contribution is -0.144. The van der Waals surface area contributed by atoms with Gasteiger partial charge in [-0.05, 0) is 45.6 Å². The van der Waals surface area contributed by atoms with Gasteiger partial charge < -0.3 is 20.9 Å². The molecule has 0 fully saturated rings. The summed E-state index contributed by atoms with van der Waals surface area (Å²) in [6.07, 6.45) is 60.3. The minimum Gasteiger partial charge on any atom is -0.481 e. The fourth-order valence-corrected chi connectivity index (χ4v) is 9.02. The SMILES string of the molecule is CCCCCCCCCCCCCCCCOC(=O)CCCCCCCCCCCCCCCCCNC(CCCCCCCCCCCCCCCCCC(=O)O)C(C)N. The summed E-state index contributed by atoms with van der Waals surface area (Å²) in [6.45, 7) is 6.20. The van der Waals surface area contributed by atoms with Gasteiger partial charge in [-0.15, -0.1) is 0 Å². The Bertz CT molecular complexity index is 867. The highest BCUT2D eigenvalue weighted by Crippen LogP contribution is 2.17. The van der Waals surface area contributed by atoms with E-state index in [0.717, 1.165) is 32.2 Å². The van der Waals surface area contributed by atoms with Gasteiger partial charge in [-0.3, -0.25) is 9.59 Å². The third-order valence-electron chi connectivity index (χ3n) is 13.3. The Morgan fingerprint density at radius 2 is 0.721 bits per heavy atom. The first-order valence-corrected chi connectivity index (χ1v) is 27.8. The number of nitrogens with one attached hydrogen (secondary N) is 1. The standard InChI is InChI=1S/C55H110N2O4/c1-3-4-5-6-7-8-9-10-21-26-31-36-41-46-51-61-55(60)49-44-39-34-29-24-19-15-12-16-20-25-30-35-40-45-50-57-53(52(2)56)47-42-37-32-27-22-17-13-11-14-18-23-28-33-38-43-48-54(58)59/h52-53,57H,3-51,56H2,1-2H3,(H,58,59). The molecule has 0 aromatic carbocycles. The summed E-state index contributed by atoms with van der Waals surface area (Å²) >= 11 is 0. The van der Waals surface area contributed by atoms with Gasteiger partial charge in [0, 0.05) is 24.9 Å². The molecule has 4 N–H and O–H groups in total. The second-order valence-corrected chi connectivity index (χ2v) is 19.5. The van der Waals surface area contributed by atoms with Gasteiger partial charge in [-0.1, -0.05) is 264 Å². The number of nitrogens with two attached hydrogens (primary N) is 1. The smallest absolute Gasteiger partial charge is 0.305 e. The molecule has 0 rings (SSSR count). The first-order chi connectivity index (χ1) is 30.0. The van der Waals surface area contributed by atoms with Crippen molar-refractivity contribution in [3.8, 4) is 0 Å². The van der Waals surface area contributed by atoms with Crippen LogP contribution in [0.25, 0.3) is 0 Å². The van der Waals surface area contributed by atoms with Gasteiger partial charge in [0.05, 0.1) is 6.61 Å². The van der Waals surface area contributed by atoms with Crippen LogP contribution in [0.15, 0.2) is 0 Å². The van der Waals surface area contributed by atoms with Crippen molar-refractivity contribution in [3.05, 3.63) is 0 Å². The largest absolute Gasteiger partial charge is 0.481 e. The monoisotopic (exact) mass is 863 g/mol. The van der Waals surface area contributed by atoms with E-state index in [4.69, 9.17) is 15.6 Å². The third-order valence-corrected chi connectivity index (χ3v) is 13.3. The Morgan fingerprint density at radius 1 is 0.426 bits per heavy atom. The van der Waals surface area contributed by atoms with Crippen molar-refractivity contribution >= 4 is 11.9 Å². The zero-order chi connectivity index (χ0) is 44.4. The van der Waals surface area contributed by atoms with E-state index in [1.54, 1.807) is 0 Å². The van der Waals surface area contributed by atoms with Crippen molar-refractivity contribution in [1.82, 2.24) is 5.32 Å². The van der Waals surface area contributed by atoms with Crippen LogP contribution in [-0.2, 0) is 14.3 Å². The minimum absolute atomic E-state index is 0.0199. The van der Waals surface area contributed by atoms with E-state index in [2.05, 4.69) is 19.2 Å². The van der Waals surface area contributed by atoms with Crippen LogP contribution < -0.4 is 11.1 Å². The summed E-state index contributed by atoms with van der Waals surface area (Å²) in [5, 5.41) is 12.5. The molecule has 0 aliphatic rings. The van der Waals surface area contributed by atoms with Crippen LogP contribution in [0, 0.1) is 0 Å². The van der Waals surface area contributed by atoms with Crippen molar-refractivity contribution < 1.29 is 19.4 Å². The summed E-state index contributed by atoms with van der Waals surface area (Å²) in [5.74, 6) is -0.638. The van der Waals surface area contributed by atoms with Crippen molar-refractivity contribution in [3.63, 3.8) is 0 Å². The quantitative estimate of drug-likeness (QED) is 0.0416. The molecule has 2 unspecified atom stereocenters.